The molecule has 3 N–H and O–H groups in total. The van der Waals surface area contributed by atoms with Gasteiger partial charge < -0.3 is 20.4 Å². The number of carbonyl (C=O) groups excluding carboxylic acids is 1. The molecule has 1 aromatic heterocycles. The number of piperidine rings is 1. The van der Waals surface area contributed by atoms with Gasteiger partial charge in [-0.3, -0.25) is 4.79 Å². The Morgan fingerprint density at radius 1 is 0.931 bits per heavy atom. The highest BCUT2D eigenvalue weighted by Gasteiger charge is 2.27. The third-order valence-corrected chi connectivity index (χ3v) is 4.81. The van der Waals surface area contributed by atoms with E-state index < -0.39 is 11.9 Å². The molecule has 2 heterocycles. The van der Waals surface area contributed by atoms with Gasteiger partial charge in [0.25, 0.3) is 0 Å². The summed E-state index contributed by atoms with van der Waals surface area (Å²) in [4.78, 5) is 46.0. The van der Waals surface area contributed by atoms with E-state index in [1.807, 2.05) is 24.8 Å². The summed E-state index contributed by atoms with van der Waals surface area (Å²) in [6, 6.07) is 5.47. The summed E-state index contributed by atoms with van der Waals surface area (Å²) in [5.74, 6) is -2.39. The Labute approximate surface area is 167 Å². The predicted molar refractivity (Wildman–Crippen MR) is 105 cm³/mol. The maximum absolute atomic E-state index is 12.6. The number of rotatable bonds is 5. The third kappa shape index (κ3) is 4.87. The number of benzene rings is 1. The fourth-order valence-corrected chi connectivity index (χ4v) is 3.38. The Bertz CT molecular complexity index is 915. The van der Waals surface area contributed by atoms with Gasteiger partial charge in [0, 0.05) is 36.1 Å². The normalized spacial score (nSPS) is 14.5. The summed E-state index contributed by atoms with van der Waals surface area (Å²) in [6.07, 6.45) is 1.18. The molecule has 2 aromatic rings. The van der Waals surface area contributed by atoms with Gasteiger partial charge >= 0.3 is 11.9 Å². The fourth-order valence-electron chi connectivity index (χ4n) is 3.38. The second-order valence-electron chi connectivity index (χ2n) is 7.11. The first-order chi connectivity index (χ1) is 13.7. The molecule has 0 atom stereocenters. The van der Waals surface area contributed by atoms with Crippen molar-refractivity contribution in [3.8, 4) is 0 Å². The molecule has 9 heteroatoms. The number of hydrogen-bond acceptors (Lipinski definition) is 6. The van der Waals surface area contributed by atoms with Crippen molar-refractivity contribution in [2.24, 2.45) is 5.92 Å². The minimum atomic E-state index is -1.26. The molecule has 0 bridgehead atoms. The number of nitrogens with one attached hydrogen (secondary N) is 1. The maximum Gasteiger partial charge on any atom is 0.335 e. The number of aromatic nitrogens is 2. The van der Waals surface area contributed by atoms with Gasteiger partial charge in [0.1, 0.15) is 0 Å². The van der Waals surface area contributed by atoms with E-state index in [9.17, 15) is 14.4 Å². The van der Waals surface area contributed by atoms with Gasteiger partial charge in [-0.1, -0.05) is 0 Å². The van der Waals surface area contributed by atoms with E-state index in [0.717, 1.165) is 17.5 Å². The smallest absolute Gasteiger partial charge is 0.335 e. The van der Waals surface area contributed by atoms with Gasteiger partial charge in [0.05, 0.1) is 11.1 Å². The van der Waals surface area contributed by atoms with E-state index in [1.54, 1.807) is 0 Å². The number of hydrogen-bond donors (Lipinski definition) is 3. The Morgan fingerprint density at radius 3 is 1.93 bits per heavy atom. The summed E-state index contributed by atoms with van der Waals surface area (Å²) in [5.41, 5.74) is 1.55. The molecule has 0 unspecified atom stereocenters. The van der Waals surface area contributed by atoms with Crippen LogP contribution in [0.2, 0.25) is 0 Å². The van der Waals surface area contributed by atoms with Gasteiger partial charge in [-0.25, -0.2) is 19.6 Å². The van der Waals surface area contributed by atoms with Crippen LogP contribution in [-0.4, -0.2) is 51.1 Å². The lowest BCUT2D eigenvalue weighted by Crippen LogP contribution is -2.39. The topological polar surface area (TPSA) is 133 Å². The number of aryl methyl sites for hydroxylation is 2. The lowest BCUT2D eigenvalue weighted by molar-refractivity contribution is -0.120. The minimum absolute atomic E-state index is 0.160. The van der Waals surface area contributed by atoms with E-state index >= 15 is 0 Å². The zero-order chi connectivity index (χ0) is 21.1. The molecule has 152 valence electrons. The van der Waals surface area contributed by atoms with Crippen LogP contribution in [0, 0.1) is 19.8 Å². The quantitative estimate of drug-likeness (QED) is 0.699. The van der Waals surface area contributed by atoms with Crippen LogP contribution in [0.1, 0.15) is 44.9 Å². The van der Waals surface area contributed by atoms with Crippen LogP contribution in [0.15, 0.2) is 24.3 Å². The lowest BCUT2D eigenvalue weighted by Gasteiger charge is -2.31. The molecule has 1 aliphatic rings. The third-order valence-electron chi connectivity index (χ3n) is 4.81. The predicted octanol–water partition coefficient (Wildman–Crippen LogP) is 2.34. The number of carboxylic acid groups (broad SMARTS) is 2. The molecule has 1 saturated heterocycles. The number of amides is 1. The fraction of sp³-hybridized carbons (Fsp3) is 0.350. The largest absolute Gasteiger partial charge is 0.478 e. The molecule has 1 fully saturated rings. The molecule has 1 amide bonds. The van der Waals surface area contributed by atoms with Crippen molar-refractivity contribution in [1.82, 2.24) is 9.97 Å². The summed E-state index contributed by atoms with van der Waals surface area (Å²) < 4.78 is 0. The standard InChI is InChI=1S/C20H22N4O5/c1-11-7-12(2)22-20(21-11)24-5-3-13(4-6-24)17(25)23-16-9-14(18(26)27)8-15(10-16)19(28)29/h7-10,13H,3-6H2,1-2H3,(H,23,25)(H,26,27)(H,28,29). The van der Waals surface area contributed by atoms with Crippen molar-refractivity contribution >= 4 is 29.5 Å². The Morgan fingerprint density at radius 2 is 1.45 bits per heavy atom. The highest BCUT2D eigenvalue weighted by atomic mass is 16.4. The molecular weight excluding hydrogens is 376 g/mol. The molecule has 3 rings (SSSR count). The second kappa shape index (κ2) is 8.26. The first-order valence-corrected chi connectivity index (χ1v) is 9.22. The van der Waals surface area contributed by atoms with Gasteiger partial charge in [-0.2, -0.15) is 0 Å². The van der Waals surface area contributed by atoms with E-state index in [0.29, 0.717) is 31.9 Å². The van der Waals surface area contributed by atoms with Crippen molar-refractivity contribution in [2.45, 2.75) is 26.7 Å². The van der Waals surface area contributed by atoms with Gasteiger partial charge in [0.15, 0.2) is 0 Å². The number of anilines is 2. The van der Waals surface area contributed by atoms with Crippen LogP contribution >= 0.6 is 0 Å². The minimum Gasteiger partial charge on any atom is -0.478 e. The average molecular weight is 398 g/mol. The molecule has 0 saturated carbocycles. The van der Waals surface area contributed by atoms with Gasteiger partial charge in [0.2, 0.25) is 11.9 Å². The van der Waals surface area contributed by atoms with Crippen molar-refractivity contribution in [3.05, 3.63) is 46.8 Å². The van der Waals surface area contributed by atoms with E-state index in [-0.39, 0.29) is 28.6 Å². The molecule has 1 aromatic carbocycles. The number of carbonyl (C=O) groups is 3. The molecule has 0 aliphatic carbocycles. The summed E-state index contributed by atoms with van der Waals surface area (Å²) in [7, 11) is 0. The Kier molecular flexibility index (Phi) is 5.76. The highest BCUT2D eigenvalue weighted by Crippen LogP contribution is 2.23. The number of carboxylic acids is 2. The Balaban J connectivity index is 1.67. The van der Waals surface area contributed by atoms with Crippen molar-refractivity contribution in [3.63, 3.8) is 0 Å². The van der Waals surface area contributed by atoms with Crippen LogP contribution in [0.5, 0.6) is 0 Å². The van der Waals surface area contributed by atoms with Crippen LogP contribution in [0.25, 0.3) is 0 Å². The number of nitrogens with zero attached hydrogens (tertiary/aromatic N) is 3. The monoisotopic (exact) mass is 398 g/mol. The number of aromatic carboxylic acids is 2. The first-order valence-electron chi connectivity index (χ1n) is 9.22. The molecule has 9 nitrogen and oxygen atoms in total. The SMILES string of the molecule is Cc1cc(C)nc(N2CCC(C(=O)Nc3cc(C(=O)O)cc(C(=O)O)c3)CC2)n1. The van der Waals surface area contributed by atoms with E-state index in [2.05, 4.69) is 15.3 Å². The van der Waals surface area contributed by atoms with E-state index in [4.69, 9.17) is 10.2 Å². The first kappa shape index (κ1) is 20.2. The molecule has 0 radical (unpaired) electrons. The van der Waals surface area contributed by atoms with Gasteiger partial charge in [-0.15, -0.1) is 0 Å². The van der Waals surface area contributed by atoms with Crippen molar-refractivity contribution in [1.29, 1.82) is 0 Å². The molecule has 0 spiro atoms. The van der Waals surface area contributed by atoms with Gasteiger partial charge in [-0.05, 0) is 51.0 Å². The Hall–Kier alpha value is -3.49. The average Bonchev–Trinajstić information content (AvgIpc) is 2.67. The van der Waals surface area contributed by atoms with Crippen LogP contribution in [0.3, 0.4) is 0 Å². The maximum atomic E-state index is 12.6. The second-order valence-corrected chi connectivity index (χ2v) is 7.11. The summed E-state index contributed by atoms with van der Waals surface area (Å²) in [5, 5.41) is 21.0. The zero-order valence-electron chi connectivity index (χ0n) is 16.2. The van der Waals surface area contributed by atoms with Crippen LogP contribution in [-0.2, 0) is 4.79 Å². The lowest BCUT2D eigenvalue weighted by atomic mass is 9.96. The zero-order valence-corrected chi connectivity index (χ0v) is 16.2. The summed E-state index contributed by atoms with van der Waals surface area (Å²) >= 11 is 0. The van der Waals surface area contributed by atoms with Crippen molar-refractivity contribution in [2.75, 3.05) is 23.3 Å². The van der Waals surface area contributed by atoms with Crippen molar-refractivity contribution < 1.29 is 24.6 Å². The molecule has 29 heavy (non-hydrogen) atoms. The van der Waals surface area contributed by atoms with E-state index in [1.165, 1.54) is 12.1 Å². The molecular formula is C20H22N4O5. The highest BCUT2D eigenvalue weighted by molar-refractivity contribution is 5.99. The summed E-state index contributed by atoms with van der Waals surface area (Å²) in [6.45, 7) is 5.07. The van der Waals surface area contributed by atoms with Crippen LogP contribution < -0.4 is 10.2 Å². The molecule has 1 aliphatic heterocycles. The van der Waals surface area contributed by atoms with Crippen LogP contribution in [0.4, 0.5) is 11.6 Å².